The molecule has 0 aromatic heterocycles. The number of carbonyl (C=O) groups excluding carboxylic acids is 1. The summed E-state index contributed by atoms with van der Waals surface area (Å²) in [6, 6.07) is 7.91. The van der Waals surface area contributed by atoms with E-state index in [4.69, 9.17) is 18.0 Å². The molecule has 1 rings (SSSR count). The zero-order valence-corrected chi connectivity index (χ0v) is 14.1. The Morgan fingerprint density at radius 1 is 1.24 bits per heavy atom. The van der Waals surface area contributed by atoms with E-state index >= 15 is 0 Å². The minimum Gasteiger partial charge on any atom is -0.392 e. The van der Waals surface area contributed by atoms with Gasteiger partial charge in [-0.15, -0.1) is 0 Å². The second-order valence-corrected chi connectivity index (χ2v) is 5.89. The Labute approximate surface area is 133 Å². The molecule has 0 radical (unpaired) electrons. The van der Waals surface area contributed by atoms with E-state index in [-0.39, 0.29) is 5.91 Å². The average Bonchev–Trinajstić information content (AvgIpc) is 2.46. The van der Waals surface area contributed by atoms with Crippen molar-refractivity contribution in [1.29, 1.82) is 0 Å². The molecule has 3 N–H and O–H groups in total. The summed E-state index contributed by atoms with van der Waals surface area (Å²) in [6.07, 6.45) is 4.07. The lowest BCUT2D eigenvalue weighted by Crippen LogP contribution is -2.46. The van der Waals surface area contributed by atoms with Crippen LogP contribution in [0.2, 0.25) is 0 Å². The predicted molar refractivity (Wildman–Crippen MR) is 93.5 cm³/mol. The first-order valence-corrected chi connectivity index (χ1v) is 8.11. The van der Waals surface area contributed by atoms with Crippen LogP contribution in [0.1, 0.15) is 52.0 Å². The van der Waals surface area contributed by atoms with E-state index in [0.29, 0.717) is 17.8 Å². The Morgan fingerprint density at radius 2 is 1.86 bits per heavy atom. The molecular weight excluding hydrogens is 280 g/mol. The van der Waals surface area contributed by atoms with Crippen LogP contribution in [0.5, 0.6) is 0 Å². The second-order valence-electron chi connectivity index (χ2n) is 5.45. The monoisotopic (exact) mass is 306 g/mol. The Kier molecular flexibility index (Phi) is 6.82. The molecule has 0 spiro atoms. The van der Waals surface area contributed by atoms with E-state index in [1.807, 2.05) is 32.0 Å². The van der Waals surface area contributed by atoms with Crippen molar-refractivity contribution >= 4 is 28.8 Å². The van der Waals surface area contributed by atoms with E-state index < -0.39 is 5.41 Å². The first-order valence-electron chi connectivity index (χ1n) is 7.70. The zero-order valence-electron chi connectivity index (χ0n) is 13.2. The van der Waals surface area contributed by atoms with Crippen molar-refractivity contribution < 1.29 is 4.79 Å². The van der Waals surface area contributed by atoms with Crippen LogP contribution >= 0.6 is 12.2 Å². The van der Waals surface area contributed by atoms with Crippen molar-refractivity contribution in [3.05, 3.63) is 29.8 Å². The maximum Gasteiger partial charge on any atom is 0.237 e. The van der Waals surface area contributed by atoms with E-state index in [1.165, 1.54) is 5.56 Å². The Hall–Kier alpha value is -1.42. The fourth-order valence-electron chi connectivity index (χ4n) is 2.68. The molecular formula is C17H26N2OS. The number of anilines is 1. The maximum atomic E-state index is 12.8. The molecule has 1 amide bonds. The highest BCUT2D eigenvalue weighted by Crippen LogP contribution is 2.32. The number of hydrogen-bond acceptors (Lipinski definition) is 2. The molecule has 0 aliphatic rings. The number of rotatable bonds is 8. The molecule has 0 fully saturated rings. The highest BCUT2D eigenvalue weighted by atomic mass is 32.1. The fraction of sp³-hybridized carbons (Fsp3) is 0.529. The first kappa shape index (κ1) is 17.6. The molecule has 3 nitrogen and oxygen atoms in total. The summed E-state index contributed by atoms with van der Waals surface area (Å²) in [5, 5.41) is 3.00. The van der Waals surface area contributed by atoms with Gasteiger partial charge in [0.05, 0.1) is 10.4 Å². The molecule has 0 saturated carbocycles. The van der Waals surface area contributed by atoms with Crippen LogP contribution < -0.4 is 11.1 Å². The largest absolute Gasteiger partial charge is 0.392 e. The molecule has 0 aliphatic carbocycles. The summed E-state index contributed by atoms with van der Waals surface area (Å²) in [5.74, 6) is -0.0769. The van der Waals surface area contributed by atoms with Gasteiger partial charge >= 0.3 is 0 Å². The van der Waals surface area contributed by atoms with Crippen LogP contribution in [0, 0.1) is 5.41 Å². The highest BCUT2D eigenvalue weighted by molar-refractivity contribution is 7.80. The molecule has 0 bridgehead atoms. The van der Waals surface area contributed by atoms with E-state index in [1.54, 1.807) is 0 Å². The number of aryl methyl sites for hydroxylation is 1. The lowest BCUT2D eigenvalue weighted by molar-refractivity contribution is -0.122. The van der Waals surface area contributed by atoms with Crippen molar-refractivity contribution in [2.24, 2.45) is 11.1 Å². The van der Waals surface area contributed by atoms with Crippen molar-refractivity contribution in [2.45, 2.75) is 52.9 Å². The maximum absolute atomic E-state index is 12.8. The molecule has 0 saturated heterocycles. The number of amides is 1. The summed E-state index contributed by atoms with van der Waals surface area (Å²) in [5.41, 5.74) is 7.20. The summed E-state index contributed by atoms with van der Waals surface area (Å²) in [7, 11) is 0. The zero-order chi connectivity index (χ0) is 15.9. The number of thiocarbonyl (C=S) groups is 1. The smallest absolute Gasteiger partial charge is 0.237 e. The Morgan fingerprint density at radius 3 is 2.33 bits per heavy atom. The lowest BCUT2D eigenvalue weighted by atomic mass is 9.78. The highest BCUT2D eigenvalue weighted by Gasteiger charge is 2.39. The van der Waals surface area contributed by atoms with Crippen molar-refractivity contribution in [3.8, 4) is 0 Å². The first-order chi connectivity index (χ1) is 10.00. The van der Waals surface area contributed by atoms with Gasteiger partial charge in [0.15, 0.2) is 0 Å². The molecule has 116 valence electrons. The fourth-order valence-corrected chi connectivity index (χ4v) is 2.98. The van der Waals surface area contributed by atoms with Crippen molar-refractivity contribution in [2.75, 3.05) is 5.32 Å². The summed E-state index contributed by atoms with van der Waals surface area (Å²) < 4.78 is 0. The van der Waals surface area contributed by atoms with Crippen LogP contribution in [0.4, 0.5) is 5.69 Å². The molecule has 1 aromatic carbocycles. The Balaban J connectivity index is 3.02. The van der Waals surface area contributed by atoms with Gasteiger partial charge in [0.2, 0.25) is 5.91 Å². The van der Waals surface area contributed by atoms with Crippen LogP contribution in [0.25, 0.3) is 0 Å². The molecule has 0 aliphatic heterocycles. The SMILES string of the molecule is CCCC(CCC)(C(=O)Nc1cccc(CC)c1)C(N)=S. The normalized spacial score (nSPS) is 11.2. The second kappa shape index (κ2) is 8.13. The van der Waals surface area contributed by atoms with Crippen LogP contribution in [-0.2, 0) is 11.2 Å². The van der Waals surface area contributed by atoms with E-state index in [0.717, 1.165) is 24.9 Å². The van der Waals surface area contributed by atoms with E-state index in [2.05, 4.69) is 18.3 Å². The standard InChI is InChI=1S/C17H26N2OS/c1-4-10-17(11-5-2,15(18)21)16(20)19-14-9-7-8-13(6-3)12-14/h7-9,12H,4-6,10-11H2,1-3H3,(H2,18,21)(H,19,20). The molecule has 1 aromatic rings. The molecule has 4 heteroatoms. The number of nitrogens with one attached hydrogen (secondary N) is 1. The van der Waals surface area contributed by atoms with E-state index in [9.17, 15) is 4.79 Å². The van der Waals surface area contributed by atoms with Gasteiger partial charge in [-0.2, -0.15) is 0 Å². The van der Waals surface area contributed by atoms with Crippen LogP contribution in [0.3, 0.4) is 0 Å². The number of hydrogen-bond donors (Lipinski definition) is 2. The van der Waals surface area contributed by atoms with Crippen LogP contribution in [-0.4, -0.2) is 10.9 Å². The molecule has 0 atom stereocenters. The minimum atomic E-state index is -0.735. The topological polar surface area (TPSA) is 55.1 Å². The van der Waals surface area contributed by atoms with Gasteiger partial charge in [-0.05, 0) is 37.0 Å². The molecule has 0 unspecified atom stereocenters. The lowest BCUT2D eigenvalue weighted by Gasteiger charge is -2.31. The van der Waals surface area contributed by atoms with Gasteiger partial charge in [0.25, 0.3) is 0 Å². The minimum absolute atomic E-state index is 0.0769. The summed E-state index contributed by atoms with van der Waals surface area (Å²) >= 11 is 5.22. The average molecular weight is 306 g/mol. The quantitative estimate of drug-likeness (QED) is 0.712. The van der Waals surface area contributed by atoms with Gasteiger partial charge in [-0.1, -0.05) is 58.0 Å². The molecule has 21 heavy (non-hydrogen) atoms. The Bertz CT molecular complexity index is 493. The number of carbonyl (C=O) groups is 1. The molecule has 0 heterocycles. The van der Waals surface area contributed by atoms with Crippen molar-refractivity contribution in [3.63, 3.8) is 0 Å². The third-order valence-corrected chi connectivity index (χ3v) is 4.24. The summed E-state index contributed by atoms with van der Waals surface area (Å²) in [4.78, 5) is 13.1. The third-order valence-electron chi connectivity index (χ3n) is 3.85. The van der Waals surface area contributed by atoms with Gasteiger partial charge in [0.1, 0.15) is 0 Å². The summed E-state index contributed by atoms with van der Waals surface area (Å²) in [6.45, 7) is 6.19. The van der Waals surface area contributed by atoms with Gasteiger partial charge in [-0.25, -0.2) is 0 Å². The third kappa shape index (κ3) is 4.27. The van der Waals surface area contributed by atoms with Gasteiger partial charge in [-0.3, -0.25) is 4.79 Å². The number of benzene rings is 1. The number of nitrogens with two attached hydrogens (primary N) is 1. The van der Waals surface area contributed by atoms with Gasteiger partial charge in [0, 0.05) is 5.69 Å². The van der Waals surface area contributed by atoms with Crippen LogP contribution in [0.15, 0.2) is 24.3 Å². The van der Waals surface area contributed by atoms with Crippen molar-refractivity contribution in [1.82, 2.24) is 0 Å². The van der Waals surface area contributed by atoms with Gasteiger partial charge < -0.3 is 11.1 Å². The predicted octanol–water partition coefficient (Wildman–Crippen LogP) is 4.06.